The molecule has 1 aromatic carbocycles. The van der Waals surface area contributed by atoms with Gasteiger partial charge in [-0.05, 0) is 19.9 Å². The van der Waals surface area contributed by atoms with E-state index in [2.05, 4.69) is 0 Å². The molecule has 0 aliphatic heterocycles. The highest BCUT2D eigenvalue weighted by Crippen LogP contribution is 2.27. The van der Waals surface area contributed by atoms with E-state index >= 15 is 0 Å². The highest BCUT2D eigenvalue weighted by atomic mass is 32.1. The summed E-state index contributed by atoms with van der Waals surface area (Å²) in [5.41, 5.74) is 1.90. The van der Waals surface area contributed by atoms with E-state index in [0.717, 1.165) is 16.0 Å². The third-order valence-electron chi connectivity index (χ3n) is 3.58. The molecule has 0 atom stereocenters. The molecule has 3 rings (SSSR count). The molecule has 21 heavy (non-hydrogen) atoms. The van der Waals surface area contributed by atoms with Gasteiger partial charge in [0.2, 0.25) is 5.76 Å². The fourth-order valence-electron chi connectivity index (χ4n) is 2.36. The van der Waals surface area contributed by atoms with Crippen LogP contribution >= 0.6 is 11.3 Å². The minimum Gasteiger partial charge on any atom is -0.475 e. The Morgan fingerprint density at radius 3 is 2.67 bits per heavy atom. The molecule has 0 fully saturated rings. The molecule has 0 amide bonds. The highest BCUT2D eigenvalue weighted by molar-refractivity contribution is 7.09. The number of fused-ring (bicyclic) bond motifs is 1. The Labute approximate surface area is 124 Å². The molecule has 2 aromatic heterocycles. The zero-order valence-electron chi connectivity index (χ0n) is 11.5. The van der Waals surface area contributed by atoms with Gasteiger partial charge in [-0.25, -0.2) is 4.79 Å². The van der Waals surface area contributed by atoms with Crippen LogP contribution < -0.4 is 4.87 Å². The second kappa shape index (κ2) is 4.89. The van der Waals surface area contributed by atoms with Crippen LogP contribution in [0, 0.1) is 13.8 Å². The van der Waals surface area contributed by atoms with Crippen LogP contribution in [0.2, 0.25) is 0 Å². The Morgan fingerprint density at radius 2 is 2.05 bits per heavy atom. The van der Waals surface area contributed by atoms with Gasteiger partial charge in [-0.2, -0.15) is 0 Å². The van der Waals surface area contributed by atoms with Crippen molar-refractivity contribution in [2.45, 2.75) is 20.4 Å². The molecule has 0 unspecified atom stereocenters. The molecule has 0 aliphatic carbocycles. The van der Waals surface area contributed by atoms with Gasteiger partial charge >= 0.3 is 10.8 Å². The molecular weight excluding hydrogens is 290 g/mol. The van der Waals surface area contributed by atoms with Crippen LogP contribution in [-0.2, 0) is 6.54 Å². The van der Waals surface area contributed by atoms with E-state index in [1.165, 1.54) is 11.3 Å². The first-order valence-corrected chi connectivity index (χ1v) is 7.21. The molecule has 3 aromatic rings. The van der Waals surface area contributed by atoms with E-state index in [4.69, 9.17) is 4.42 Å². The fourth-order valence-corrected chi connectivity index (χ4v) is 3.19. The van der Waals surface area contributed by atoms with Crippen molar-refractivity contribution < 1.29 is 14.3 Å². The second-order valence-electron chi connectivity index (χ2n) is 4.81. The van der Waals surface area contributed by atoms with Crippen molar-refractivity contribution in [3.05, 3.63) is 55.8 Å². The number of hydrogen-bond donors (Lipinski definition) is 1. The van der Waals surface area contributed by atoms with Crippen LogP contribution in [0.3, 0.4) is 0 Å². The first kappa shape index (κ1) is 13.6. The van der Waals surface area contributed by atoms with Gasteiger partial charge in [0.25, 0.3) is 0 Å². The Morgan fingerprint density at radius 1 is 1.33 bits per heavy atom. The highest BCUT2D eigenvalue weighted by Gasteiger charge is 2.21. The van der Waals surface area contributed by atoms with Gasteiger partial charge in [0.1, 0.15) is 5.58 Å². The summed E-state index contributed by atoms with van der Waals surface area (Å²) in [5, 5.41) is 10.0. The zero-order chi connectivity index (χ0) is 15.1. The average Bonchev–Trinajstić information content (AvgIpc) is 2.93. The Balaban J connectivity index is 2.22. The number of para-hydroxylation sites is 1. The van der Waals surface area contributed by atoms with Crippen LogP contribution in [-0.4, -0.2) is 15.6 Å². The van der Waals surface area contributed by atoms with Crippen molar-refractivity contribution in [2.24, 2.45) is 0 Å². The van der Waals surface area contributed by atoms with E-state index in [-0.39, 0.29) is 17.2 Å². The minimum atomic E-state index is -1.13. The zero-order valence-corrected chi connectivity index (χ0v) is 12.4. The van der Waals surface area contributed by atoms with Crippen molar-refractivity contribution in [1.82, 2.24) is 4.57 Å². The van der Waals surface area contributed by atoms with Gasteiger partial charge in [0, 0.05) is 21.5 Å². The summed E-state index contributed by atoms with van der Waals surface area (Å²) in [5.74, 6) is -1.23. The van der Waals surface area contributed by atoms with Gasteiger partial charge in [-0.15, -0.1) is 0 Å². The Bertz CT molecular complexity index is 900. The molecule has 0 aliphatic rings. The van der Waals surface area contributed by atoms with E-state index in [9.17, 15) is 14.7 Å². The summed E-state index contributed by atoms with van der Waals surface area (Å²) < 4.78 is 6.99. The summed E-state index contributed by atoms with van der Waals surface area (Å²) in [4.78, 5) is 24.2. The van der Waals surface area contributed by atoms with Crippen LogP contribution in [0.1, 0.15) is 26.7 Å². The predicted molar refractivity (Wildman–Crippen MR) is 80.3 cm³/mol. The number of aromatic carboxylic acids is 1. The number of aromatic nitrogens is 1. The van der Waals surface area contributed by atoms with Crippen molar-refractivity contribution in [2.75, 3.05) is 0 Å². The lowest BCUT2D eigenvalue weighted by Gasteiger charge is -2.04. The molecule has 0 saturated heterocycles. The summed E-state index contributed by atoms with van der Waals surface area (Å²) in [6, 6.07) is 7.13. The normalized spacial score (nSPS) is 11.1. The molecule has 2 heterocycles. The maximum atomic E-state index is 12.0. The number of carboxylic acids is 1. The SMILES string of the molecule is Cc1sc(=O)n(Cc2c(C(=O)O)oc3ccccc23)c1C. The average molecular weight is 303 g/mol. The Hall–Kier alpha value is -2.34. The van der Waals surface area contributed by atoms with Crippen molar-refractivity contribution in [3.63, 3.8) is 0 Å². The van der Waals surface area contributed by atoms with E-state index in [1.807, 2.05) is 19.9 Å². The van der Waals surface area contributed by atoms with Crippen LogP contribution in [0.5, 0.6) is 0 Å². The van der Waals surface area contributed by atoms with E-state index in [1.54, 1.807) is 22.8 Å². The Kier molecular flexibility index (Phi) is 3.17. The topological polar surface area (TPSA) is 72.4 Å². The van der Waals surface area contributed by atoms with E-state index < -0.39 is 5.97 Å². The predicted octanol–water partition coefficient (Wildman–Crippen LogP) is 3.02. The number of benzene rings is 1. The third kappa shape index (κ3) is 2.17. The monoisotopic (exact) mass is 303 g/mol. The fraction of sp³-hybridized carbons (Fsp3) is 0.200. The van der Waals surface area contributed by atoms with Crippen LogP contribution in [0.25, 0.3) is 11.0 Å². The largest absolute Gasteiger partial charge is 0.475 e. The van der Waals surface area contributed by atoms with E-state index in [0.29, 0.717) is 11.1 Å². The summed E-state index contributed by atoms with van der Waals surface area (Å²) in [7, 11) is 0. The molecule has 0 saturated carbocycles. The smallest absolute Gasteiger partial charge is 0.372 e. The standard InChI is InChI=1S/C15H13NO4S/c1-8-9(2)21-15(19)16(8)7-11-10-5-3-4-6-12(10)20-13(11)14(17)18/h3-6H,7H2,1-2H3,(H,17,18). The number of rotatable bonds is 3. The number of thiazole rings is 1. The van der Waals surface area contributed by atoms with Gasteiger partial charge in [-0.3, -0.25) is 9.36 Å². The lowest BCUT2D eigenvalue weighted by Crippen LogP contribution is -2.16. The lowest BCUT2D eigenvalue weighted by atomic mass is 10.1. The number of hydrogen-bond acceptors (Lipinski definition) is 4. The molecule has 108 valence electrons. The number of furan rings is 1. The quantitative estimate of drug-likeness (QED) is 0.807. The van der Waals surface area contributed by atoms with Gasteiger partial charge in [-0.1, -0.05) is 29.5 Å². The van der Waals surface area contributed by atoms with Crippen molar-refractivity contribution in [3.8, 4) is 0 Å². The van der Waals surface area contributed by atoms with Crippen LogP contribution in [0.4, 0.5) is 0 Å². The molecule has 5 nitrogen and oxygen atoms in total. The summed E-state index contributed by atoms with van der Waals surface area (Å²) in [6.45, 7) is 3.94. The maximum Gasteiger partial charge on any atom is 0.372 e. The molecule has 0 radical (unpaired) electrons. The first-order chi connectivity index (χ1) is 9.99. The number of aryl methyl sites for hydroxylation is 1. The second-order valence-corrected chi connectivity index (χ2v) is 5.97. The minimum absolute atomic E-state index is 0.0911. The first-order valence-electron chi connectivity index (χ1n) is 6.39. The molecule has 0 bridgehead atoms. The van der Waals surface area contributed by atoms with Crippen molar-refractivity contribution in [1.29, 1.82) is 0 Å². The molecule has 1 N–H and O–H groups in total. The van der Waals surface area contributed by atoms with Gasteiger partial charge in [0.15, 0.2) is 0 Å². The summed E-state index contributed by atoms with van der Waals surface area (Å²) in [6.07, 6.45) is 0. The third-order valence-corrected chi connectivity index (χ3v) is 4.58. The number of nitrogens with zero attached hydrogens (tertiary/aromatic N) is 1. The van der Waals surface area contributed by atoms with Crippen LogP contribution in [0.15, 0.2) is 33.5 Å². The van der Waals surface area contributed by atoms with Gasteiger partial charge in [0.05, 0.1) is 6.54 Å². The maximum absolute atomic E-state index is 12.0. The summed E-state index contributed by atoms with van der Waals surface area (Å²) >= 11 is 1.17. The molecule has 0 spiro atoms. The molecular formula is C15H13NO4S. The molecule has 6 heteroatoms. The number of carbonyl (C=O) groups is 1. The lowest BCUT2D eigenvalue weighted by molar-refractivity contribution is 0.0663. The number of carboxylic acid groups (broad SMARTS) is 1. The van der Waals surface area contributed by atoms with Crippen molar-refractivity contribution >= 4 is 28.3 Å². The van der Waals surface area contributed by atoms with Gasteiger partial charge < -0.3 is 9.52 Å².